The largest absolute Gasteiger partial charge is 0.343 e. The molecule has 0 bridgehead atoms. The van der Waals surface area contributed by atoms with Gasteiger partial charge in [-0.15, -0.1) is 0 Å². The number of carbonyl (C=O) groups excluding carboxylic acids is 4. The highest BCUT2D eigenvalue weighted by atomic mass is 16.2. The summed E-state index contributed by atoms with van der Waals surface area (Å²) in [6.07, 6.45) is 9.40. The molecule has 0 unspecified atom stereocenters. The van der Waals surface area contributed by atoms with Crippen LogP contribution in [0.25, 0.3) is 0 Å². The summed E-state index contributed by atoms with van der Waals surface area (Å²) in [6.45, 7) is 3.01. The molecule has 1 saturated carbocycles. The molecule has 0 aromatic heterocycles. The molecule has 3 aliphatic heterocycles. The number of amides is 4. The maximum absolute atomic E-state index is 13.1. The second-order valence-electron chi connectivity index (χ2n) is 10.1. The molecule has 1 aromatic rings. The Bertz CT molecular complexity index is 954. The molecule has 0 radical (unpaired) electrons. The van der Waals surface area contributed by atoms with Gasteiger partial charge in [0, 0.05) is 44.2 Å². The number of imide groups is 1. The van der Waals surface area contributed by atoms with E-state index in [4.69, 9.17) is 0 Å². The summed E-state index contributed by atoms with van der Waals surface area (Å²) in [7, 11) is 0. The standard InChI is InChI=1S/C26H33N3O4/c30-23(27-12-4-5-13-27)16-18-10-14-28(15-11-18)24(31)19-8-9-21-22(17-19)26(33)29(25(21)32)20-6-2-1-3-7-20/h8-9,17-18,20H,1-7,10-16H2. The first kappa shape index (κ1) is 22.1. The molecule has 3 fully saturated rings. The van der Waals surface area contributed by atoms with E-state index in [-0.39, 0.29) is 29.7 Å². The van der Waals surface area contributed by atoms with Crippen molar-refractivity contribution in [3.05, 3.63) is 34.9 Å². The van der Waals surface area contributed by atoms with Crippen LogP contribution in [-0.4, -0.2) is 70.5 Å². The van der Waals surface area contributed by atoms with Crippen molar-refractivity contribution in [1.82, 2.24) is 14.7 Å². The smallest absolute Gasteiger partial charge is 0.261 e. The Balaban J connectivity index is 1.21. The Morgan fingerprint density at radius 3 is 2.12 bits per heavy atom. The number of hydrogen-bond donors (Lipinski definition) is 0. The van der Waals surface area contributed by atoms with Gasteiger partial charge in [0.25, 0.3) is 17.7 Å². The van der Waals surface area contributed by atoms with Crippen molar-refractivity contribution < 1.29 is 19.2 Å². The summed E-state index contributed by atoms with van der Waals surface area (Å²) in [6, 6.07) is 4.92. The van der Waals surface area contributed by atoms with E-state index in [0.717, 1.165) is 70.9 Å². The van der Waals surface area contributed by atoms with Crippen LogP contribution in [0.3, 0.4) is 0 Å². The summed E-state index contributed by atoms with van der Waals surface area (Å²) in [4.78, 5) is 56.8. The van der Waals surface area contributed by atoms with E-state index in [1.165, 1.54) is 4.90 Å². The molecular weight excluding hydrogens is 418 g/mol. The van der Waals surface area contributed by atoms with E-state index < -0.39 is 0 Å². The molecule has 0 N–H and O–H groups in total. The zero-order chi connectivity index (χ0) is 22.9. The first-order valence-electron chi connectivity index (χ1n) is 12.6. The molecule has 7 heteroatoms. The second-order valence-corrected chi connectivity index (χ2v) is 10.1. The minimum atomic E-state index is -0.254. The zero-order valence-corrected chi connectivity index (χ0v) is 19.3. The molecule has 7 nitrogen and oxygen atoms in total. The molecule has 3 heterocycles. The summed E-state index contributed by atoms with van der Waals surface area (Å²) < 4.78 is 0. The van der Waals surface area contributed by atoms with Crippen LogP contribution in [0.5, 0.6) is 0 Å². The highest BCUT2D eigenvalue weighted by Gasteiger charge is 2.40. The minimum Gasteiger partial charge on any atom is -0.343 e. The van der Waals surface area contributed by atoms with Crippen molar-refractivity contribution >= 4 is 23.6 Å². The van der Waals surface area contributed by atoms with E-state index in [1.54, 1.807) is 18.2 Å². The minimum absolute atomic E-state index is 0.0207. The summed E-state index contributed by atoms with van der Waals surface area (Å²) >= 11 is 0. The van der Waals surface area contributed by atoms with Crippen LogP contribution >= 0.6 is 0 Å². The van der Waals surface area contributed by atoms with Gasteiger partial charge >= 0.3 is 0 Å². The van der Waals surface area contributed by atoms with Crippen LogP contribution in [-0.2, 0) is 4.79 Å². The van der Waals surface area contributed by atoms with Gasteiger partial charge in [-0.3, -0.25) is 24.1 Å². The Kier molecular flexibility index (Phi) is 6.21. The predicted molar refractivity (Wildman–Crippen MR) is 123 cm³/mol. The van der Waals surface area contributed by atoms with Crippen LogP contribution < -0.4 is 0 Å². The quantitative estimate of drug-likeness (QED) is 0.657. The van der Waals surface area contributed by atoms with Crippen LogP contribution in [0.2, 0.25) is 0 Å². The zero-order valence-electron chi connectivity index (χ0n) is 19.3. The van der Waals surface area contributed by atoms with Crippen molar-refractivity contribution in [1.29, 1.82) is 0 Å². The monoisotopic (exact) mass is 451 g/mol. The number of carbonyl (C=O) groups is 4. The molecule has 0 spiro atoms. The van der Waals surface area contributed by atoms with Gasteiger partial charge in [0.2, 0.25) is 5.91 Å². The van der Waals surface area contributed by atoms with Crippen LogP contribution in [0, 0.1) is 5.92 Å². The molecule has 0 atom stereocenters. The lowest BCUT2D eigenvalue weighted by molar-refractivity contribution is -0.131. The number of fused-ring (bicyclic) bond motifs is 1. The average Bonchev–Trinajstić information content (AvgIpc) is 3.47. The van der Waals surface area contributed by atoms with E-state index in [2.05, 4.69) is 0 Å². The van der Waals surface area contributed by atoms with Crippen molar-refractivity contribution in [3.8, 4) is 0 Å². The summed E-state index contributed by atoms with van der Waals surface area (Å²) in [5.74, 6) is 0.00516. The van der Waals surface area contributed by atoms with Gasteiger partial charge in [-0.1, -0.05) is 19.3 Å². The number of likely N-dealkylation sites (tertiary alicyclic amines) is 2. The van der Waals surface area contributed by atoms with Gasteiger partial charge in [0.1, 0.15) is 0 Å². The highest BCUT2D eigenvalue weighted by molar-refractivity contribution is 6.22. The van der Waals surface area contributed by atoms with Crippen molar-refractivity contribution in [2.45, 2.75) is 70.3 Å². The van der Waals surface area contributed by atoms with Crippen molar-refractivity contribution in [2.24, 2.45) is 5.92 Å². The Morgan fingerprint density at radius 1 is 0.758 bits per heavy atom. The molecule has 4 aliphatic rings. The summed E-state index contributed by atoms with van der Waals surface area (Å²) in [5.41, 5.74) is 1.25. The lowest BCUT2D eigenvalue weighted by atomic mass is 9.92. The van der Waals surface area contributed by atoms with Gasteiger partial charge in [0.05, 0.1) is 11.1 Å². The maximum atomic E-state index is 13.1. The third-order valence-electron chi connectivity index (χ3n) is 7.93. The molecule has 33 heavy (non-hydrogen) atoms. The topological polar surface area (TPSA) is 78.0 Å². The number of piperidine rings is 1. The molecule has 4 amide bonds. The van der Waals surface area contributed by atoms with Crippen LogP contribution in [0.4, 0.5) is 0 Å². The molecule has 1 aliphatic carbocycles. The van der Waals surface area contributed by atoms with Crippen LogP contribution in [0.1, 0.15) is 95.3 Å². The number of rotatable bonds is 4. The fourth-order valence-corrected chi connectivity index (χ4v) is 5.93. The number of hydrogen-bond acceptors (Lipinski definition) is 4. The normalized spacial score (nSPS) is 22.2. The third-order valence-corrected chi connectivity index (χ3v) is 7.93. The second kappa shape index (κ2) is 9.27. The summed E-state index contributed by atoms with van der Waals surface area (Å²) in [5, 5.41) is 0. The van der Waals surface area contributed by atoms with Crippen LogP contribution in [0.15, 0.2) is 18.2 Å². The highest BCUT2D eigenvalue weighted by Crippen LogP contribution is 2.32. The number of nitrogens with zero attached hydrogens (tertiary/aromatic N) is 3. The number of benzene rings is 1. The van der Waals surface area contributed by atoms with E-state index in [1.807, 2.05) is 9.80 Å². The van der Waals surface area contributed by atoms with Gasteiger partial charge in [-0.25, -0.2) is 0 Å². The molecule has 1 aromatic carbocycles. The van der Waals surface area contributed by atoms with E-state index in [0.29, 0.717) is 42.1 Å². The van der Waals surface area contributed by atoms with E-state index >= 15 is 0 Å². The average molecular weight is 452 g/mol. The maximum Gasteiger partial charge on any atom is 0.261 e. The van der Waals surface area contributed by atoms with Gasteiger partial charge < -0.3 is 9.80 Å². The van der Waals surface area contributed by atoms with Gasteiger partial charge in [0.15, 0.2) is 0 Å². The van der Waals surface area contributed by atoms with E-state index in [9.17, 15) is 19.2 Å². The molecular formula is C26H33N3O4. The molecule has 176 valence electrons. The van der Waals surface area contributed by atoms with Gasteiger partial charge in [-0.2, -0.15) is 0 Å². The first-order chi connectivity index (χ1) is 16.0. The Morgan fingerprint density at radius 2 is 1.42 bits per heavy atom. The van der Waals surface area contributed by atoms with Crippen molar-refractivity contribution in [2.75, 3.05) is 26.2 Å². The fourth-order valence-electron chi connectivity index (χ4n) is 5.93. The molecule has 2 saturated heterocycles. The predicted octanol–water partition coefficient (Wildman–Crippen LogP) is 3.48. The molecule has 5 rings (SSSR count). The SMILES string of the molecule is O=C(CC1CCN(C(=O)c2ccc3c(c2)C(=O)N(C2CCCCC2)C3=O)CC1)N1CCCC1. The van der Waals surface area contributed by atoms with Gasteiger partial charge in [-0.05, 0) is 62.6 Å². The van der Waals surface area contributed by atoms with Crippen molar-refractivity contribution in [3.63, 3.8) is 0 Å². The fraction of sp³-hybridized carbons (Fsp3) is 0.615. The first-order valence-corrected chi connectivity index (χ1v) is 12.6. The third kappa shape index (κ3) is 4.30. The lowest BCUT2D eigenvalue weighted by Crippen LogP contribution is -2.41. The Labute approximate surface area is 195 Å². The lowest BCUT2D eigenvalue weighted by Gasteiger charge is -2.32. The Hall–Kier alpha value is -2.70.